The van der Waals surface area contributed by atoms with Crippen LogP contribution in [0.4, 0.5) is 0 Å². The first kappa shape index (κ1) is 14.1. The fourth-order valence-corrected chi connectivity index (χ4v) is 3.93. The van der Waals surface area contributed by atoms with Crippen molar-refractivity contribution >= 4 is 0 Å². The van der Waals surface area contributed by atoms with Crippen molar-refractivity contribution in [3.05, 3.63) is 18.0 Å². The topological polar surface area (TPSA) is 38.0 Å². The third-order valence-electron chi connectivity index (χ3n) is 5.25. The second-order valence-corrected chi connectivity index (χ2v) is 6.73. The zero-order valence-corrected chi connectivity index (χ0v) is 12.5. The summed E-state index contributed by atoms with van der Waals surface area (Å²) >= 11 is 0. The fraction of sp³-hybridized carbons (Fsp3) is 0.824. The normalized spacial score (nSPS) is 23.2. The molecule has 1 atom stereocenters. The first-order valence-corrected chi connectivity index (χ1v) is 8.55. The molecule has 2 saturated carbocycles. The van der Waals surface area contributed by atoms with Gasteiger partial charge < -0.3 is 5.11 Å². The third kappa shape index (κ3) is 3.43. The molecular formula is C17H28N2O. The van der Waals surface area contributed by atoms with Gasteiger partial charge >= 0.3 is 0 Å². The molecule has 112 valence electrons. The Morgan fingerprint density at radius 2 is 1.80 bits per heavy atom. The lowest BCUT2D eigenvalue weighted by atomic mass is 9.96. The van der Waals surface area contributed by atoms with Gasteiger partial charge in [-0.25, -0.2) is 0 Å². The minimum absolute atomic E-state index is 0.114. The van der Waals surface area contributed by atoms with E-state index in [1.165, 1.54) is 57.8 Å². The lowest BCUT2D eigenvalue weighted by Crippen LogP contribution is -2.18. The first-order chi connectivity index (χ1) is 9.83. The van der Waals surface area contributed by atoms with E-state index in [0.717, 1.165) is 18.5 Å². The molecule has 3 rings (SSSR count). The number of aromatic nitrogens is 2. The molecular weight excluding hydrogens is 248 g/mol. The van der Waals surface area contributed by atoms with E-state index < -0.39 is 0 Å². The van der Waals surface area contributed by atoms with E-state index in [4.69, 9.17) is 5.10 Å². The van der Waals surface area contributed by atoms with Crippen LogP contribution in [0.3, 0.4) is 0 Å². The molecule has 0 aliphatic heterocycles. The fourth-order valence-electron chi connectivity index (χ4n) is 3.93. The molecule has 1 aromatic heterocycles. The third-order valence-corrected chi connectivity index (χ3v) is 5.25. The minimum atomic E-state index is -0.114. The Labute approximate surface area is 122 Å². The molecule has 0 radical (unpaired) electrons. The molecule has 20 heavy (non-hydrogen) atoms. The van der Waals surface area contributed by atoms with Crippen LogP contribution in [0.15, 0.2) is 12.3 Å². The molecule has 0 bridgehead atoms. The van der Waals surface area contributed by atoms with Gasteiger partial charge in [-0.3, -0.25) is 4.68 Å². The molecule has 3 nitrogen and oxygen atoms in total. The van der Waals surface area contributed by atoms with E-state index in [9.17, 15) is 5.11 Å². The zero-order chi connectivity index (χ0) is 13.8. The van der Waals surface area contributed by atoms with Gasteiger partial charge in [0.2, 0.25) is 0 Å². The molecule has 2 aliphatic rings. The van der Waals surface area contributed by atoms with E-state index in [-0.39, 0.29) is 6.10 Å². The van der Waals surface area contributed by atoms with Crippen LogP contribution in [0.25, 0.3) is 0 Å². The molecule has 0 aromatic carbocycles. The summed E-state index contributed by atoms with van der Waals surface area (Å²) in [6.45, 7) is 0. The molecule has 0 spiro atoms. The second kappa shape index (κ2) is 6.75. The van der Waals surface area contributed by atoms with Crippen molar-refractivity contribution in [3.8, 4) is 0 Å². The number of nitrogens with zero attached hydrogens (tertiary/aromatic N) is 2. The number of aliphatic hydroxyl groups is 1. The Balaban J connectivity index is 1.49. The summed E-state index contributed by atoms with van der Waals surface area (Å²) in [5.74, 6) is 0.551. The van der Waals surface area contributed by atoms with Gasteiger partial charge in [-0.15, -0.1) is 0 Å². The van der Waals surface area contributed by atoms with Gasteiger partial charge in [0.15, 0.2) is 0 Å². The summed E-state index contributed by atoms with van der Waals surface area (Å²) in [6.07, 6.45) is 15.5. The van der Waals surface area contributed by atoms with Crippen LogP contribution < -0.4 is 0 Å². The molecule has 1 aromatic rings. The van der Waals surface area contributed by atoms with Gasteiger partial charge in [-0.1, -0.05) is 32.1 Å². The zero-order valence-electron chi connectivity index (χ0n) is 12.5. The minimum Gasteiger partial charge on any atom is -0.393 e. The summed E-state index contributed by atoms with van der Waals surface area (Å²) < 4.78 is 2.18. The summed E-state index contributed by atoms with van der Waals surface area (Å²) in [6, 6.07) is 2.77. The maximum atomic E-state index is 10.2. The van der Waals surface area contributed by atoms with E-state index >= 15 is 0 Å². The maximum Gasteiger partial charge on any atom is 0.0625 e. The van der Waals surface area contributed by atoms with Gasteiger partial charge in [0.05, 0.1) is 17.8 Å². The van der Waals surface area contributed by atoms with Crippen LogP contribution in [-0.2, 0) is 6.42 Å². The van der Waals surface area contributed by atoms with Gasteiger partial charge in [-0.05, 0) is 50.5 Å². The van der Waals surface area contributed by atoms with Crippen molar-refractivity contribution in [2.75, 3.05) is 0 Å². The molecule has 1 heterocycles. The van der Waals surface area contributed by atoms with E-state index in [2.05, 4.69) is 16.9 Å². The smallest absolute Gasteiger partial charge is 0.0625 e. The quantitative estimate of drug-likeness (QED) is 0.886. The SMILES string of the molecule is OC(CCc1ccn(C2CCCCC2)n1)C1CCCC1. The van der Waals surface area contributed by atoms with Crippen molar-refractivity contribution in [3.63, 3.8) is 0 Å². The van der Waals surface area contributed by atoms with Crippen molar-refractivity contribution in [1.82, 2.24) is 9.78 Å². The van der Waals surface area contributed by atoms with Crippen molar-refractivity contribution < 1.29 is 5.11 Å². The second-order valence-electron chi connectivity index (χ2n) is 6.73. The van der Waals surface area contributed by atoms with Crippen molar-refractivity contribution in [2.24, 2.45) is 5.92 Å². The standard InChI is InChI=1S/C17H28N2O/c20-17(14-6-4-5-7-14)11-10-15-12-13-19(18-15)16-8-2-1-3-9-16/h12-14,16-17,20H,1-11H2. The monoisotopic (exact) mass is 276 g/mol. The Kier molecular flexibility index (Phi) is 4.77. The largest absolute Gasteiger partial charge is 0.393 e. The van der Waals surface area contributed by atoms with Crippen LogP contribution in [-0.4, -0.2) is 21.0 Å². The highest BCUT2D eigenvalue weighted by Crippen LogP contribution is 2.30. The number of hydrogen-bond acceptors (Lipinski definition) is 2. The Morgan fingerprint density at radius 3 is 2.55 bits per heavy atom. The van der Waals surface area contributed by atoms with E-state index in [0.29, 0.717) is 12.0 Å². The predicted molar refractivity (Wildman–Crippen MR) is 80.6 cm³/mol. The maximum absolute atomic E-state index is 10.2. The molecule has 3 heteroatoms. The highest BCUT2D eigenvalue weighted by molar-refractivity contribution is 5.01. The molecule has 1 N–H and O–H groups in total. The van der Waals surface area contributed by atoms with Crippen LogP contribution in [0.2, 0.25) is 0 Å². The van der Waals surface area contributed by atoms with E-state index in [1.807, 2.05) is 0 Å². The molecule has 2 aliphatic carbocycles. The Hall–Kier alpha value is -0.830. The Morgan fingerprint density at radius 1 is 1.10 bits per heavy atom. The average Bonchev–Trinajstić information content (AvgIpc) is 3.17. The summed E-state index contributed by atoms with van der Waals surface area (Å²) in [5, 5.41) is 15.0. The van der Waals surface area contributed by atoms with Crippen LogP contribution in [0.1, 0.15) is 75.9 Å². The average molecular weight is 276 g/mol. The highest BCUT2D eigenvalue weighted by Gasteiger charge is 2.23. The summed E-state index contributed by atoms with van der Waals surface area (Å²) in [5.41, 5.74) is 1.16. The predicted octanol–water partition coefficient (Wildman–Crippen LogP) is 3.87. The number of hydrogen-bond donors (Lipinski definition) is 1. The molecule has 0 saturated heterocycles. The first-order valence-electron chi connectivity index (χ1n) is 8.55. The van der Waals surface area contributed by atoms with Gasteiger partial charge in [-0.2, -0.15) is 5.10 Å². The van der Waals surface area contributed by atoms with Crippen molar-refractivity contribution in [2.45, 2.75) is 82.8 Å². The number of aryl methyl sites for hydroxylation is 1. The molecule has 2 fully saturated rings. The molecule has 0 amide bonds. The van der Waals surface area contributed by atoms with Crippen LogP contribution in [0.5, 0.6) is 0 Å². The van der Waals surface area contributed by atoms with Crippen molar-refractivity contribution in [1.29, 1.82) is 0 Å². The Bertz CT molecular complexity index is 403. The lowest BCUT2D eigenvalue weighted by molar-refractivity contribution is 0.102. The highest BCUT2D eigenvalue weighted by atomic mass is 16.3. The van der Waals surface area contributed by atoms with Gasteiger partial charge in [0, 0.05) is 6.20 Å². The van der Waals surface area contributed by atoms with Gasteiger partial charge in [0.1, 0.15) is 0 Å². The van der Waals surface area contributed by atoms with E-state index in [1.54, 1.807) is 0 Å². The lowest BCUT2D eigenvalue weighted by Gasteiger charge is -2.21. The van der Waals surface area contributed by atoms with Gasteiger partial charge in [0.25, 0.3) is 0 Å². The number of aliphatic hydroxyl groups excluding tert-OH is 1. The van der Waals surface area contributed by atoms with Crippen LogP contribution >= 0.6 is 0 Å². The van der Waals surface area contributed by atoms with Crippen LogP contribution in [0, 0.1) is 5.92 Å². The summed E-state index contributed by atoms with van der Waals surface area (Å²) in [7, 11) is 0. The summed E-state index contributed by atoms with van der Waals surface area (Å²) in [4.78, 5) is 0. The number of rotatable bonds is 5. The molecule has 1 unspecified atom stereocenters.